The zero-order chi connectivity index (χ0) is 24.3. The van der Waals surface area contributed by atoms with Crippen LogP contribution in [0.5, 0.6) is 0 Å². The molecular formula is C24H20F5NO3. The maximum Gasteiger partial charge on any atom is 0.416 e. The monoisotopic (exact) mass is 465 g/mol. The largest absolute Gasteiger partial charge is 0.458 e. The number of esters is 1. The number of carbonyl (C=O) groups is 2. The SMILES string of the molecule is C=CCOC(=O)C1=C(C)N(Cc2cc(F)cc(F)c2)C(=O)C[C@H]1c1ccccc1C(F)(F)F. The smallest absolute Gasteiger partial charge is 0.416 e. The highest BCUT2D eigenvalue weighted by Gasteiger charge is 2.42. The van der Waals surface area contributed by atoms with Crippen LogP contribution >= 0.6 is 0 Å². The molecule has 1 heterocycles. The van der Waals surface area contributed by atoms with Crippen LogP contribution in [-0.4, -0.2) is 23.4 Å². The molecule has 0 unspecified atom stereocenters. The molecule has 1 aliphatic heterocycles. The number of hydrogen-bond donors (Lipinski definition) is 0. The number of hydrogen-bond acceptors (Lipinski definition) is 3. The van der Waals surface area contributed by atoms with Gasteiger partial charge in [0, 0.05) is 24.1 Å². The number of nitrogens with zero attached hydrogens (tertiary/aromatic N) is 1. The zero-order valence-electron chi connectivity index (χ0n) is 17.6. The number of amides is 1. The first kappa shape index (κ1) is 24.2. The predicted molar refractivity (Wildman–Crippen MR) is 110 cm³/mol. The van der Waals surface area contributed by atoms with Crippen molar-refractivity contribution in [2.45, 2.75) is 32.0 Å². The maximum absolute atomic E-state index is 13.7. The summed E-state index contributed by atoms with van der Waals surface area (Å²) in [5, 5.41) is 0. The van der Waals surface area contributed by atoms with Crippen molar-refractivity contribution in [3.63, 3.8) is 0 Å². The number of benzene rings is 2. The highest BCUT2D eigenvalue weighted by molar-refractivity contribution is 5.96. The van der Waals surface area contributed by atoms with Gasteiger partial charge >= 0.3 is 12.1 Å². The highest BCUT2D eigenvalue weighted by Crippen LogP contribution is 2.43. The Morgan fingerprint density at radius 3 is 2.42 bits per heavy atom. The molecule has 0 N–H and O–H groups in total. The summed E-state index contributed by atoms with van der Waals surface area (Å²) in [6.07, 6.45) is -3.87. The lowest BCUT2D eigenvalue weighted by Gasteiger charge is -2.35. The fraction of sp³-hybridized carbons (Fsp3) is 0.250. The third-order valence-electron chi connectivity index (χ3n) is 5.28. The van der Waals surface area contributed by atoms with E-state index in [1.54, 1.807) is 0 Å². The lowest BCUT2D eigenvalue weighted by molar-refractivity contribution is -0.142. The molecule has 0 saturated heterocycles. The average molecular weight is 465 g/mol. The van der Waals surface area contributed by atoms with E-state index >= 15 is 0 Å². The maximum atomic E-state index is 13.7. The standard InChI is InChI=1S/C24H20F5NO3/c1-3-8-33-23(32)22-14(2)30(13-15-9-16(25)11-17(26)10-15)21(31)12-19(22)18-6-4-5-7-20(18)24(27,28)29/h3-7,9-11,19H,1,8,12-13H2,2H3/t19-/m0/s1. The van der Waals surface area contributed by atoms with Gasteiger partial charge < -0.3 is 9.64 Å². The van der Waals surface area contributed by atoms with Gasteiger partial charge in [-0.25, -0.2) is 13.6 Å². The third kappa shape index (κ3) is 5.30. The summed E-state index contributed by atoms with van der Waals surface area (Å²) in [6.45, 7) is 4.37. The minimum absolute atomic E-state index is 0.0481. The number of alkyl halides is 3. The second-order valence-electron chi connectivity index (χ2n) is 7.49. The van der Waals surface area contributed by atoms with Crippen molar-refractivity contribution in [1.29, 1.82) is 0 Å². The van der Waals surface area contributed by atoms with E-state index < -0.39 is 47.6 Å². The molecule has 1 atom stereocenters. The molecule has 1 amide bonds. The fourth-order valence-electron chi connectivity index (χ4n) is 3.89. The van der Waals surface area contributed by atoms with Crippen LogP contribution in [-0.2, 0) is 27.0 Å². The van der Waals surface area contributed by atoms with Crippen LogP contribution in [0.15, 0.2) is 66.4 Å². The Bertz CT molecular complexity index is 1100. The molecular weight excluding hydrogens is 445 g/mol. The minimum atomic E-state index is -4.71. The van der Waals surface area contributed by atoms with Gasteiger partial charge in [-0.1, -0.05) is 30.9 Å². The first-order valence-corrected chi connectivity index (χ1v) is 9.93. The zero-order valence-corrected chi connectivity index (χ0v) is 17.6. The van der Waals surface area contributed by atoms with Crippen molar-refractivity contribution in [2.75, 3.05) is 6.61 Å². The molecule has 0 saturated carbocycles. The molecule has 2 aromatic carbocycles. The molecule has 3 rings (SSSR count). The van der Waals surface area contributed by atoms with Gasteiger partial charge in [-0.3, -0.25) is 4.79 Å². The summed E-state index contributed by atoms with van der Waals surface area (Å²) in [4.78, 5) is 26.9. The summed E-state index contributed by atoms with van der Waals surface area (Å²) < 4.78 is 73.3. The van der Waals surface area contributed by atoms with Crippen molar-refractivity contribution < 1.29 is 36.3 Å². The molecule has 9 heteroatoms. The van der Waals surface area contributed by atoms with Crippen molar-refractivity contribution in [1.82, 2.24) is 4.90 Å². The summed E-state index contributed by atoms with van der Waals surface area (Å²) in [6, 6.07) is 7.43. The first-order chi connectivity index (χ1) is 15.5. The average Bonchev–Trinajstić information content (AvgIpc) is 2.73. The number of rotatable bonds is 6. The summed E-state index contributed by atoms with van der Waals surface area (Å²) in [5.41, 5.74) is -1.17. The Kier molecular flexibility index (Phi) is 7.00. The van der Waals surface area contributed by atoms with E-state index in [4.69, 9.17) is 4.74 Å². The minimum Gasteiger partial charge on any atom is -0.458 e. The van der Waals surface area contributed by atoms with Crippen LogP contribution in [0.1, 0.15) is 36.0 Å². The Labute approximate surface area is 187 Å². The summed E-state index contributed by atoms with van der Waals surface area (Å²) in [5.74, 6) is -4.41. The molecule has 0 fully saturated rings. The molecule has 0 aliphatic carbocycles. The van der Waals surface area contributed by atoms with Gasteiger partial charge in [0.05, 0.1) is 17.7 Å². The first-order valence-electron chi connectivity index (χ1n) is 9.93. The van der Waals surface area contributed by atoms with Crippen LogP contribution in [0, 0.1) is 11.6 Å². The topological polar surface area (TPSA) is 46.6 Å². The van der Waals surface area contributed by atoms with Crippen LogP contribution in [0.3, 0.4) is 0 Å². The van der Waals surface area contributed by atoms with Gasteiger partial charge in [0.1, 0.15) is 18.2 Å². The van der Waals surface area contributed by atoms with Crippen molar-refractivity contribution in [3.8, 4) is 0 Å². The quantitative estimate of drug-likeness (QED) is 0.322. The highest BCUT2D eigenvalue weighted by atomic mass is 19.4. The van der Waals surface area contributed by atoms with Gasteiger partial charge in [-0.05, 0) is 36.2 Å². The van der Waals surface area contributed by atoms with Crippen LogP contribution < -0.4 is 0 Å². The van der Waals surface area contributed by atoms with Gasteiger partial charge in [0.2, 0.25) is 5.91 Å². The molecule has 0 radical (unpaired) electrons. The number of halogens is 5. The summed E-state index contributed by atoms with van der Waals surface area (Å²) in [7, 11) is 0. The normalized spacial score (nSPS) is 16.7. The Morgan fingerprint density at radius 2 is 1.82 bits per heavy atom. The second kappa shape index (κ2) is 9.56. The van der Waals surface area contributed by atoms with E-state index in [2.05, 4.69) is 6.58 Å². The van der Waals surface area contributed by atoms with E-state index in [9.17, 15) is 31.5 Å². The molecule has 0 aromatic heterocycles. The predicted octanol–water partition coefficient (Wildman–Crippen LogP) is 5.50. The van der Waals surface area contributed by atoms with Crippen LogP contribution in [0.4, 0.5) is 22.0 Å². The molecule has 2 aromatic rings. The van der Waals surface area contributed by atoms with E-state index in [0.717, 1.165) is 23.1 Å². The van der Waals surface area contributed by atoms with E-state index in [1.165, 1.54) is 31.2 Å². The lowest BCUT2D eigenvalue weighted by atomic mass is 9.81. The number of carbonyl (C=O) groups excluding carboxylic acids is 2. The van der Waals surface area contributed by atoms with E-state index in [-0.39, 0.29) is 35.5 Å². The van der Waals surface area contributed by atoms with Gasteiger partial charge in [0.15, 0.2) is 0 Å². The van der Waals surface area contributed by atoms with Gasteiger partial charge in [-0.2, -0.15) is 13.2 Å². The van der Waals surface area contributed by atoms with Crippen molar-refractivity contribution in [3.05, 3.63) is 94.7 Å². The Balaban J connectivity index is 2.12. The fourth-order valence-corrected chi connectivity index (χ4v) is 3.89. The third-order valence-corrected chi connectivity index (χ3v) is 5.28. The lowest BCUT2D eigenvalue weighted by Crippen LogP contribution is -2.38. The molecule has 174 valence electrons. The number of allylic oxidation sites excluding steroid dienone is 1. The molecule has 0 bridgehead atoms. The molecule has 1 aliphatic rings. The summed E-state index contributed by atoms with van der Waals surface area (Å²) >= 11 is 0. The van der Waals surface area contributed by atoms with Gasteiger partial charge in [-0.15, -0.1) is 0 Å². The van der Waals surface area contributed by atoms with Crippen LogP contribution in [0.2, 0.25) is 0 Å². The van der Waals surface area contributed by atoms with Crippen LogP contribution in [0.25, 0.3) is 0 Å². The van der Waals surface area contributed by atoms with E-state index in [0.29, 0.717) is 6.07 Å². The van der Waals surface area contributed by atoms with Gasteiger partial charge in [0.25, 0.3) is 0 Å². The second-order valence-corrected chi connectivity index (χ2v) is 7.49. The Morgan fingerprint density at radius 1 is 1.18 bits per heavy atom. The van der Waals surface area contributed by atoms with Crippen molar-refractivity contribution in [2.24, 2.45) is 0 Å². The molecule has 4 nitrogen and oxygen atoms in total. The van der Waals surface area contributed by atoms with E-state index in [1.807, 2.05) is 0 Å². The van der Waals surface area contributed by atoms with Crippen molar-refractivity contribution >= 4 is 11.9 Å². The molecule has 0 spiro atoms. The Hall–Kier alpha value is -3.49. The molecule has 33 heavy (non-hydrogen) atoms. The number of ether oxygens (including phenoxy) is 1.